The van der Waals surface area contributed by atoms with Gasteiger partial charge in [-0.1, -0.05) is 24.3 Å². The molecule has 2 aliphatic heterocycles. The van der Waals surface area contributed by atoms with Crippen molar-refractivity contribution in [1.29, 1.82) is 0 Å². The molecule has 0 spiro atoms. The molecule has 2 aromatic rings. The molecule has 2 aliphatic rings. The largest absolute Gasteiger partial charge is 0.480 e. The summed E-state index contributed by atoms with van der Waals surface area (Å²) < 4.78 is 5.18. The number of hydrogen-bond donors (Lipinski definition) is 2. The molecule has 0 bridgehead atoms. The average molecular weight is 548 g/mol. The van der Waals surface area contributed by atoms with Crippen LogP contribution in [0, 0.1) is 0 Å². The number of carbonyl (C=O) groups is 5. The van der Waals surface area contributed by atoms with Crippen molar-refractivity contribution in [2.75, 3.05) is 30.3 Å². The van der Waals surface area contributed by atoms with Gasteiger partial charge in [0.25, 0.3) is 11.8 Å². The van der Waals surface area contributed by atoms with Crippen molar-refractivity contribution >= 4 is 59.5 Å². The molecule has 10 nitrogen and oxygen atoms in total. The van der Waals surface area contributed by atoms with Gasteiger partial charge in [0.1, 0.15) is 12.6 Å². The van der Waals surface area contributed by atoms with Gasteiger partial charge in [0.2, 0.25) is 5.91 Å². The van der Waals surface area contributed by atoms with Crippen LogP contribution < -0.4 is 10.2 Å². The van der Waals surface area contributed by atoms with E-state index in [1.807, 2.05) is 0 Å². The van der Waals surface area contributed by atoms with Crippen LogP contribution in [0.2, 0.25) is 0 Å². The van der Waals surface area contributed by atoms with Crippen LogP contribution in [0.3, 0.4) is 0 Å². The van der Waals surface area contributed by atoms with E-state index in [-0.39, 0.29) is 37.7 Å². The molecule has 196 valence electrons. The summed E-state index contributed by atoms with van der Waals surface area (Å²) in [5.41, 5.74) is 1.10. The molecule has 1 unspecified atom stereocenters. The van der Waals surface area contributed by atoms with Crippen LogP contribution >= 0.6 is 24.2 Å². The second-order valence-electron chi connectivity index (χ2n) is 8.22. The predicted octanol–water partition coefficient (Wildman–Crippen LogP) is 2.21. The molecule has 2 atom stereocenters. The Kier molecular flexibility index (Phi) is 9.30. The predicted molar refractivity (Wildman–Crippen MR) is 138 cm³/mol. The number of thioether (sulfide) groups is 1. The molecule has 37 heavy (non-hydrogen) atoms. The van der Waals surface area contributed by atoms with E-state index < -0.39 is 48.3 Å². The Morgan fingerprint density at radius 1 is 1.05 bits per heavy atom. The van der Waals surface area contributed by atoms with Crippen LogP contribution in [-0.2, 0) is 19.1 Å². The third kappa shape index (κ3) is 5.95. The number of fused-ring (bicyclic) bond motifs is 2. The summed E-state index contributed by atoms with van der Waals surface area (Å²) in [6.07, 6.45) is 0.0185. The Balaban J connectivity index is 0.00000380. The minimum absolute atomic E-state index is 0. The van der Waals surface area contributed by atoms with E-state index in [0.29, 0.717) is 16.8 Å². The summed E-state index contributed by atoms with van der Waals surface area (Å²) >= 11 is 1.37. The summed E-state index contributed by atoms with van der Waals surface area (Å²) in [6, 6.07) is 11.6. The highest BCUT2D eigenvalue weighted by Crippen LogP contribution is 2.34. The van der Waals surface area contributed by atoms with Gasteiger partial charge in [-0.15, -0.1) is 24.2 Å². The number of esters is 1. The van der Waals surface area contributed by atoms with Gasteiger partial charge < -0.3 is 9.84 Å². The normalized spacial score (nSPS) is 17.4. The Morgan fingerprint density at radius 2 is 1.68 bits per heavy atom. The van der Waals surface area contributed by atoms with Gasteiger partial charge >= 0.3 is 11.9 Å². The first-order valence-corrected chi connectivity index (χ1v) is 12.4. The van der Waals surface area contributed by atoms with Crippen molar-refractivity contribution in [3.05, 3.63) is 59.7 Å². The van der Waals surface area contributed by atoms with Crippen LogP contribution in [0.1, 0.15) is 34.1 Å². The highest BCUT2D eigenvalue weighted by molar-refractivity contribution is 7.99. The van der Waals surface area contributed by atoms with Gasteiger partial charge in [-0.25, -0.2) is 0 Å². The molecular formula is C25H26ClN3O7S. The van der Waals surface area contributed by atoms with Gasteiger partial charge in [-0.2, -0.15) is 0 Å². The Hall–Kier alpha value is -3.41. The Bertz CT molecular complexity index is 1190. The molecule has 0 saturated carbocycles. The number of anilines is 1. The second-order valence-corrected chi connectivity index (χ2v) is 9.28. The molecule has 0 saturated heterocycles. The van der Waals surface area contributed by atoms with Crippen molar-refractivity contribution < 1.29 is 33.8 Å². The molecule has 3 amide bonds. The molecule has 0 aromatic heterocycles. The fourth-order valence-corrected chi connectivity index (χ4v) is 5.31. The first kappa shape index (κ1) is 28.2. The van der Waals surface area contributed by atoms with E-state index >= 15 is 0 Å². The highest BCUT2D eigenvalue weighted by Gasteiger charge is 2.38. The molecule has 0 aliphatic carbocycles. The number of halogens is 1. The second kappa shape index (κ2) is 12.2. The molecule has 12 heteroatoms. The van der Waals surface area contributed by atoms with Crippen LogP contribution in [0.4, 0.5) is 5.69 Å². The van der Waals surface area contributed by atoms with E-state index in [4.69, 9.17) is 4.74 Å². The molecule has 2 heterocycles. The number of rotatable bonds is 9. The molecule has 2 aromatic carbocycles. The molecule has 0 radical (unpaired) electrons. The first-order chi connectivity index (χ1) is 17.3. The number of nitrogens with one attached hydrogen (secondary N) is 1. The third-order valence-electron chi connectivity index (χ3n) is 5.91. The SMILES string of the molecule is CCOC(=O)[C@@H](CCN1C(=O)c2ccccc2C1=O)NC1CSc2ccccc2N(CC(=O)O)C1=O.Cl. The topological polar surface area (TPSA) is 133 Å². The summed E-state index contributed by atoms with van der Waals surface area (Å²) in [4.78, 5) is 66.1. The number of nitrogens with zero attached hydrogens (tertiary/aromatic N) is 2. The van der Waals surface area contributed by atoms with E-state index in [9.17, 15) is 29.1 Å². The smallest absolute Gasteiger partial charge is 0.323 e. The van der Waals surface area contributed by atoms with E-state index in [0.717, 1.165) is 9.80 Å². The summed E-state index contributed by atoms with van der Waals surface area (Å²) in [6.45, 7) is 1.16. The number of ether oxygens (including phenoxy) is 1. The Morgan fingerprint density at radius 3 is 2.30 bits per heavy atom. The number of carboxylic acid groups (broad SMARTS) is 1. The number of amides is 3. The standard InChI is InChI=1S/C25H25N3O7S.ClH/c1-2-35-25(34)17(11-12-27-22(31)15-7-3-4-8-16(15)23(27)32)26-18-14-36-20-10-6-5-9-19(20)28(24(18)33)13-21(29)30;/h3-10,17-18,26H,2,11-14H2,1H3,(H,29,30);1H/t17-,18?;/m1./s1. The minimum Gasteiger partial charge on any atom is -0.480 e. The molecule has 2 N–H and O–H groups in total. The van der Waals surface area contributed by atoms with Crippen molar-refractivity contribution in [2.24, 2.45) is 0 Å². The summed E-state index contributed by atoms with van der Waals surface area (Å²) in [5.74, 6) is -2.93. The Labute approximate surface area is 223 Å². The number of imide groups is 1. The lowest BCUT2D eigenvalue weighted by molar-refractivity contribution is -0.146. The summed E-state index contributed by atoms with van der Waals surface area (Å²) in [5, 5.41) is 12.4. The van der Waals surface area contributed by atoms with Crippen LogP contribution in [0.15, 0.2) is 53.4 Å². The number of hydrogen-bond acceptors (Lipinski definition) is 8. The van der Waals surface area contributed by atoms with E-state index in [2.05, 4.69) is 5.32 Å². The van der Waals surface area contributed by atoms with Crippen molar-refractivity contribution in [3.63, 3.8) is 0 Å². The average Bonchev–Trinajstić information content (AvgIpc) is 3.03. The number of carboxylic acids is 1. The van der Waals surface area contributed by atoms with E-state index in [1.165, 1.54) is 16.7 Å². The fraction of sp³-hybridized carbons (Fsp3) is 0.320. The van der Waals surface area contributed by atoms with Crippen molar-refractivity contribution in [1.82, 2.24) is 10.2 Å². The van der Waals surface area contributed by atoms with Crippen LogP contribution in [-0.4, -0.2) is 77.2 Å². The number of carbonyl (C=O) groups excluding carboxylic acids is 4. The van der Waals surface area contributed by atoms with Gasteiger partial charge in [0.05, 0.1) is 29.5 Å². The van der Waals surface area contributed by atoms with Gasteiger partial charge in [0.15, 0.2) is 0 Å². The molecule has 4 rings (SSSR count). The van der Waals surface area contributed by atoms with Gasteiger partial charge in [-0.3, -0.25) is 39.1 Å². The van der Waals surface area contributed by atoms with Crippen LogP contribution in [0.25, 0.3) is 0 Å². The van der Waals surface area contributed by atoms with Crippen molar-refractivity contribution in [3.8, 4) is 0 Å². The van der Waals surface area contributed by atoms with Gasteiger partial charge in [0, 0.05) is 17.2 Å². The lowest BCUT2D eigenvalue weighted by Crippen LogP contribution is -2.54. The zero-order valence-electron chi connectivity index (χ0n) is 19.9. The minimum atomic E-state index is -1.17. The maximum absolute atomic E-state index is 13.4. The van der Waals surface area contributed by atoms with Crippen LogP contribution in [0.5, 0.6) is 0 Å². The lowest BCUT2D eigenvalue weighted by Gasteiger charge is -2.27. The maximum Gasteiger partial charge on any atom is 0.323 e. The first-order valence-electron chi connectivity index (χ1n) is 11.4. The van der Waals surface area contributed by atoms with Gasteiger partial charge in [-0.05, 0) is 37.6 Å². The number of aliphatic carboxylic acids is 1. The third-order valence-corrected chi connectivity index (χ3v) is 7.07. The molecule has 0 fully saturated rings. The highest BCUT2D eigenvalue weighted by atomic mass is 35.5. The quantitative estimate of drug-likeness (QED) is 0.358. The summed E-state index contributed by atoms with van der Waals surface area (Å²) in [7, 11) is 0. The van der Waals surface area contributed by atoms with Crippen molar-refractivity contribution in [2.45, 2.75) is 30.3 Å². The molecular weight excluding hydrogens is 522 g/mol. The fourth-order valence-electron chi connectivity index (χ4n) is 4.23. The zero-order chi connectivity index (χ0) is 25.8. The number of para-hydroxylation sites is 1. The monoisotopic (exact) mass is 547 g/mol. The number of benzene rings is 2. The van der Waals surface area contributed by atoms with E-state index in [1.54, 1.807) is 55.5 Å². The maximum atomic E-state index is 13.4. The zero-order valence-corrected chi connectivity index (χ0v) is 21.5. The lowest BCUT2D eigenvalue weighted by atomic mass is 10.1.